The highest BCUT2D eigenvalue weighted by Crippen LogP contribution is 2.31. The molecule has 3 nitrogen and oxygen atoms in total. The van der Waals surface area contributed by atoms with E-state index in [0.717, 1.165) is 10.9 Å². The molecule has 0 aliphatic heterocycles. The van der Waals surface area contributed by atoms with Gasteiger partial charge in [-0.15, -0.1) is 11.6 Å². The molecule has 0 aromatic carbocycles. The van der Waals surface area contributed by atoms with Crippen LogP contribution in [0.15, 0.2) is 6.20 Å². The molecular weight excluding hydrogens is 219 g/mol. The second kappa shape index (κ2) is 3.88. The third-order valence-electron chi connectivity index (χ3n) is 1.48. The van der Waals surface area contributed by atoms with Gasteiger partial charge >= 0.3 is 6.18 Å². The molecule has 76 valence electrons. The van der Waals surface area contributed by atoms with E-state index in [1.54, 1.807) is 6.07 Å². The molecule has 0 radical (unpaired) electrons. The second-order valence-electron chi connectivity index (χ2n) is 2.49. The van der Waals surface area contributed by atoms with Crippen LogP contribution in [0.3, 0.4) is 0 Å². The van der Waals surface area contributed by atoms with Gasteiger partial charge in [0.15, 0.2) is 5.69 Å². The van der Waals surface area contributed by atoms with Crippen LogP contribution in [0.5, 0.6) is 0 Å². The van der Waals surface area contributed by atoms with Crippen molar-refractivity contribution in [1.82, 2.24) is 9.78 Å². The third-order valence-corrected chi connectivity index (χ3v) is 1.77. The predicted molar refractivity (Wildman–Crippen MR) is 42.4 cm³/mol. The van der Waals surface area contributed by atoms with E-state index in [1.165, 1.54) is 0 Å². The zero-order valence-electron chi connectivity index (χ0n) is 6.85. The Morgan fingerprint density at radius 2 is 2.21 bits per heavy atom. The van der Waals surface area contributed by atoms with Gasteiger partial charge in [0.05, 0.1) is 11.9 Å². The van der Waals surface area contributed by atoms with E-state index in [4.69, 9.17) is 16.9 Å². The molecule has 0 fully saturated rings. The van der Waals surface area contributed by atoms with E-state index in [9.17, 15) is 13.2 Å². The molecule has 1 rings (SSSR count). The zero-order chi connectivity index (χ0) is 10.8. The number of alkyl halides is 4. The number of hydrogen-bond donors (Lipinski definition) is 0. The normalized spacial score (nSPS) is 11.4. The Bertz CT molecular complexity index is 363. The largest absolute Gasteiger partial charge is 0.435 e. The first-order valence-electron chi connectivity index (χ1n) is 3.55. The van der Waals surface area contributed by atoms with Crippen molar-refractivity contribution in [2.45, 2.75) is 18.6 Å². The maximum Gasteiger partial charge on any atom is 0.435 e. The maximum absolute atomic E-state index is 12.3. The van der Waals surface area contributed by atoms with E-state index < -0.39 is 11.9 Å². The van der Waals surface area contributed by atoms with Crippen molar-refractivity contribution in [2.75, 3.05) is 0 Å². The van der Waals surface area contributed by atoms with Crippen LogP contribution in [-0.4, -0.2) is 9.78 Å². The molecule has 1 aromatic heterocycles. The lowest BCUT2D eigenvalue weighted by Gasteiger charge is -2.02. The van der Waals surface area contributed by atoms with Gasteiger partial charge in [0.2, 0.25) is 0 Å². The molecule has 0 saturated heterocycles. The molecule has 0 spiro atoms. The monoisotopic (exact) mass is 223 g/mol. The molecule has 0 saturated carbocycles. The summed E-state index contributed by atoms with van der Waals surface area (Å²) in [6.45, 7) is -0.222. The second-order valence-corrected chi connectivity index (χ2v) is 2.76. The van der Waals surface area contributed by atoms with Crippen LogP contribution in [0.2, 0.25) is 0 Å². The molecule has 0 atom stereocenters. The lowest BCUT2D eigenvalue weighted by Crippen LogP contribution is -2.09. The van der Waals surface area contributed by atoms with Gasteiger partial charge in [-0.2, -0.15) is 23.5 Å². The minimum atomic E-state index is -4.52. The summed E-state index contributed by atoms with van der Waals surface area (Å²) in [5.74, 6) is -0.278. The molecule has 0 amide bonds. The van der Waals surface area contributed by atoms with E-state index >= 15 is 0 Å². The van der Waals surface area contributed by atoms with Gasteiger partial charge < -0.3 is 0 Å². The van der Waals surface area contributed by atoms with Crippen molar-refractivity contribution in [1.29, 1.82) is 5.26 Å². The molecule has 0 unspecified atom stereocenters. The number of rotatable bonds is 2. The molecular formula is C7H5ClF3N3. The van der Waals surface area contributed by atoms with Crippen LogP contribution in [0.4, 0.5) is 13.2 Å². The minimum Gasteiger partial charge on any atom is -0.258 e. The number of halogens is 4. The van der Waals surface area contributed by atoms with Crippen LogP contribution in [0.25, 0.3) is 0 Å². The Hall–Kier alpha value is -1.22. The smallest absolute Gasteiger partial charge is 0.258 e. The standard InChI is InChI=1S/C7H5ClF3N3/c8-3-5-4-14(2-1-12)13-6(5)7(9,10)11/h4H,2-3H2. The quantitative estimate of drug-likeness (QED) is 0.721. The first-order valence-corrected chi connectivity index (χ1v) is 4.09. The van der Waals surface area contributed by atoms with Crippen molar-refractivity contribution in [3.8, 4) is 6.07 Å². The Morgan fingerprint density at radius 1 is 1.57 bits per heavy atom. The van der Waals surface area contributed by atoms with Gasteiger partial charge in [0, 0.05) is 11.8 Å². The van der Waals surface area contributed by atoms with E-state index in [2.05, 4.69) is 5.10 Å². The third kappa shape index (κ3) is 2.17. The summed E-state index contributed by atoms with van der Waals surface area (Å²) in [4.78, 5) is 0. The van der Waals surface area contributed by atoms with Crippen LogP contribution in [0, 0.1) is 11.3 Å². The van der Waals surface area contributed by atoms with Crippen molar-refractivity contribution < 1.29 is 13.2 Å². The van der Waals surface area contributed by atoms with Crippen molar-refractivity contribution >= 4 is 11.6 Å². The number of nitrogens with zero attached hydrogens (tertiary/aromatic N) is 3. The highest BCUT2D eigenvalue weighted by molar-refractivity contribution is 6.17. The summed E-state index contributed by atoms with van der Waals surface area (Å²) in [6, 6.07) is 1.69. The van der Waals surface area contributed by atoms with Crippen LogP contribution in [0.1, 0.15) is 11.3 Å². The Labute approximate surface area is 82.7 Å². The Balaban J connectivity index is 3.10. The minimum absolute atomic E-state index is 0.116. The van der Waals surface area contributed by atoms with Crippen molar-refractivity contribution in [3.05, 3.63) is 17.5 Å². The average molecular weight is 224 g/mol. The van der Waals surface area contributed by atoms with Crippen LogP contribution < -0.4 is 0 Å². The van der Waals surface area contributed by atoms with Crippen LogP contribution >= 0.6 is 11.6 Å². The van der Waals surface area contributed by atoms with Gasteiger partial charge in [0.1, 0.15) is 6.54 Å². The lowest BCUT2D eigenvalue weighted by molar-refractivity contribution is -0.142. The summed E-state index contributed by atoms with van der Waals surface area (Å²) in [5, 5.41) is 11.5. The molecule has 1 heterocycles. The summed E-state index contributed by atoms with van der Waals surface area (Å²) in [6.07, 6.45) is -3.40. The van der Waals surface area contributed by atoms with E-state index in [-0.39, 0.29) is 18.0 Å². The predicted octanol–water partition coefficient (Wildman–Crippen LogP) is 2.16. The van der Waals surface area contributed by atoms with Gasteiger partial charge in [-0.05, 0) is 0 Å². The number of nitriles is 1. The molecule has 0 aliphatic rings. The Morgan fingerprint density at radius 3 is 2.57 bits per heavy atom. The molecule has 0 N–H and O–H groups in total. The van der Waals surface area contributed by atoms with Crippen molar-refractivity contribution in [2.24, 2.45) is 0 Å². The van der Waals surface area contributed by atoms with Gasteiger partial charge in [-0.25, -0.2) is 0 Å². The fraction of sp³-hybridized carbons (Fsp3) is 0.429. The molecule has 0 bridgehead atoms. The van der Waals surface area contributed by atoms with Crippen molar-refractivity contribution in [3.63, 3.8) is 0 Å². The average Bonchev–Trinajstić information content (AvgIpc) is 2.47. The SMILES string of the molecule is N#CCn1cc(CCl)c(C(F)(F)F)n1. The van der Waals surface area contributed by atoms with Gasteiger partial charge in [0.25, 0.3) is 0 Å². The molecule has 14 heavy (non-hydrogen) atoms. The fourth-order valence-corrected chi connectivity index (χ4v) is 1.15. The first kappa shape index (κ1) is 10.9. The summed E-state index contributed by atoms with van der Waals surface area (Å²) in [7, 11) is 0. The topological polar surface area (TPSA) is 41.6 Å². The summed E-state index contributed by atoms with van der Waals surface area (Å²) >= 11 is 5.32. The Kier molecular flexibility index (Phi) is 3.01. The first-order chi connectivity index (χ1) is 6.49. The molecule has 0 aliphatic carbocycles. The summed E-state index contributed by atoms with van der Waals surface area (Å²) in [5.41, 5.74) is -1.14. The maximum atomic E-state index is 12.3. The lowest BCUT2D eigenvalue weighted by atomic mass is 10.3. The van der Waals surface area contributed by atoms with Crippen LogP contribution in [-0.2, 0) is 18.6 Å². The highest BCUT2D eigenvalue weighted by Gasteiger charge is 2.36. The highest BCUT2D eigenvalue weighted by atomic mass is 35.5. The molecule has 1 aromatic rings. The zero-order valence-corrected chi connectivity index (χ0v) is 7.60. The number of aromatic nitrogens is 2. The van der Waals surface area contributed by atoms with Gasteiger partial charge in [-0.3, -0.25) is 4.68 Å². The van der Waals surface area contributed by atoms with E-state index in [1.807, 2.05) is 0 Å². The van der Waals surface area contributed by atoms with E-state index in [0.29, 0.717) is 0 Å². The molecule has 7 heteroatoms. The fourth-order valence-electron chi connectivity index (χ4n) is 0.953. The summed E-state index contributed by atoms with van der Waals surface area (Å²) < 4.78 is 37.7. The number of hydrogen-bond acceptors (Lipinski definition) is 2. The van der Waals surface area contributed by atoms with Gasteiger partial charge in [-0.1, -0.05) is 0 Å².